The van der Waals surface area contributed by atoms with Crippen LogP contribution in [0.5, 0.6) is 5.75 Å². The molecule has 0 fully saturated rings. The minimum absolute atomic E-state index is 0.165. The van der Waals surface area contributed by atoms with Crippen LogP contribution in [0.3, 0.4) is 0 Å². The van der Waals surface area contributed by atoms with E-state index in [1.54, 1.807) is 19.9 Å². The lowest BCUT2D eigenvalue weighted by atomic mass is 10.3. The summed E-state index contributed by atoms with van der Waals surface area (Å²) in [6.07, 6.45) is 0. The summed E-state index contributed by atoms with van der Waals surface area (Å²) in [6, 6.07) is 11.4. The van der Waals surface area contributed by atoms with Gasteiger partial charge in [0.05, 0.1) is 4.90 Å². The molecule has 2 aromatic rings. The van der Waals surface area contributed by atoms with Crippen molar-refractivity contribution < 1.29 is 22.3 Å². The largest absolute Gasteiger partial charge is 0.484 e. The summed E-state index contributed by atoms with van der Waals surface area (Å²) < 4.78 is 44.6. The molecule has 6 nitrogen and oxygen atoms in total. The highest BCUT2D eigenvalue weighted by Crippen LogP contribution is 2.19. The molecule has 0 saturated heterocycles. The third-order valence-electron chi connectivity index (χ3n) is 3.65. The molecule has 0 saturated carbocycles. The molecule has 0 aliphatic carbocycles. The maximum atomic E-state index is 13.1. The summed E-state index contributed by atoms with van der Waals surface area (Å²) >= 11 is 0. The van der Waals surface area contributed by atoms with Gasteiger partial charge in [-0.15, -0.1) is 0 Å². The van der Waals surface area contributed by atoms with E-state index in [2.05, 4.69) is 5.32 Å². The quantitative estimate of drug-likeness (QED) is 0.764. The molecule has 2 rings (SSSR count). The van der Waals surface area contributed by atoms with E-state index in [0.717, 1.165) is 0 Å². The van der Waals surface area contributed by atoms with Gasteiger partial charge in [-0.25, -0.2) is 12.8 Å². The van der Waals surface area contributed by atoms with Crippen LogP contribution in [0.1, 0.15) is 13.8 Å². The molecule has 0 atom stereocenters. The van der Waals surface area contributed by atoms with E-state index >= 15 is 0 Å². The van der Waals surface area contributed by atoms with Gasteiger partial charge in [-0.05, 0) is 42.5 Å². The Morgan fingerprint density at radius 1 is 1.12 bits per heavy atom. The molecule has 0 unspecified atom stereocenters. The number of carbonyl (C=O) groups is 1. The highest BCUT2D eigenvalue weighted by Gasteiger charge is 2.21. The smallest absolute Gasteiger partial charge is 0.262 e. The number of hydrogen-bond donors (Lipinski definition) is 1. The predicted molar refractivity (Wildman–Crippen MR) is 97.1 cm³/mol. The number of sulfonamides is 1. The fourth-order valence-electron chi connectivity index (χ4n) is 2.33. The molecule has 1 amide bonds. The zero-order chi connectivity index (χ0) is 19.2. The van der Waals surface area contributed by atoms with Crippen LogP contribution in [0.25, 0.3) is 0 Å². The second-order valence-corrected chi connectivity index (χ2v) is 7.35. The zero-order valence-electron chi connectivity index (χ0n) is 14.6. The van der Waals surface area contributed by atoms with E-state index < -0.39 is 21.7 Å². The maximum Gasteiger partial charge on any atom is 0.262 e. The number of benzene rings is 2. The fraction of sp³-hybridized carbons (Fsp3) is 0.278. The Hall–Kier alpha value is -2.45. The summed E-state index contributed by atoms with van der Waals surface area (Å²) in [7, 11) is -3.53. The van der Waals surface area contributed by atoms with Crippen LogP contribution in [-0.4, -0.2) is 38.3 Å². The van der Waals surface area contributed by atoms with Crippen molar-refractivity contribution in [3.05, 3.63) is 54.3 Å². The van der Waals surface area contributed by atoms with Crippen LogP contribution in [0.15, 0.2) is 53.4 Å². The summed E-state index contributed by atoms with van der Waals surface area (Å²) in [5.41, 5.74) is 0.333. The molecule has 0 aliphatic heterocycles. The molecule has 140 valence electrons. The number of anilines is 1. The first-order valence-corrected chi connectivity index (χ1v) is 9.59. The van der Waals surface area contributed by atoms with Crippen molar-refractivity contribution in [2.24, 2.45) is 0 Å². The summed E-state index contributed by atoms with van der Waals surface area (Å²) in [5, 5.41) is 2.51. The van der Waals surface area contributed by atoms with Gasteiger partial charge in [0, 0.05) is 18.8 Å². The number of ether oxygens (including phenoxy) is 1. The number of rotatable bonds is 8. The minimum atomic E-state index is -3.53. The maximum absolute atomic E-state index is 13.1. The Bertz CT molecular complexity index is 850. The average molecular weight is 380 g/mol. The fourth-order valence-corrected chi connectivity index (χ4v) is 3.79. The Morgan fingerprint density at radius 3 is 2.35 bits per heavy atom. The first kappa shape index (κ1) is 19.9. The van der Waals surface area contributed by atoms with Gasteiger partial charge in [0.2, 0.25) is 10.0 Å². The Balaban J connectivity index is 1.96. The topological polar surface area (TPSA) is 75.7 Å². The second-order valence-electron chi connectivity index (χ2n) is 5.41. The number of halogens is 1. The molecule has 1 N–H and O–H groups in total. The third kappa shape index (κ3) is 5.03. The van der Waals surface area contributed by atoms with Crippen molar-refractivity contribution in [1.29, 1.82) is 0 Å². The SMILES string of the molecule is CCN(CC)S(=O)(=O)c1ccc(OCC(=O)Nc2cccc(F)c2)cc1. The van der Waals surface area contributed by atoms with E-state index in [1.165, 1.54) is 46.8 Å². The summed E-state index contributed by atoms with van der Waals surface area (Å²) in [4.78, 5) is 12.0. The lowest BCUT2D eigenvalue weighted by Crippen LogP contribution is -2.30. The number of carbonyl (C=O) groups excluding carboxylic acids is 1. The molecule has 0 bridgehead atoms. The standard InChI is InChI=1S/C18H21FN2O4S/c1-3-21(4-2)26(23,24)17-10-8-16(9-11-17)25-13-18(22)20-15-7-5-6-14(19)12-15/h5-12H,3-4,13H2,1-2H3,(H,20,22). The third-order valence-corrected chi connectivity index (χ3v) is 5.71. The Morgan fingerprint density at radius 2 is 1.77 bits per heavy atom. The molecule has 0 radical (unpaired) electrons. The number of amides is 1. The average Bonchev–Trinajstić information content (AvgIpc) is 2.61. The lowest BCUT2D eigenvalue weighted by molar-refractivity contribution is -0.118. The zero-order valence-corrected chi connectivity index (χ0v) is 15.4. The molecule has 0 spiro atoms. The predicted octanol–water partition coefficient (Wildman–Crippen LogP) is 2.87. The van der Waals surface area contributed by atoms with Gasteiger partial charge in [0.1, 0.15) is 11.6 Å². The van der Waals surface area contributed by atoms with Gasteiger partial charge in [0.15, 0.2) is 6.61 Å². The van der Waals surface area contributed by atoms with E-state index in [4.69, 9.17) is 4.74 Å². The van der Waals surface area contributed by atoms with Gasteiger partial charge in [0.25, 0.3) is 5.91 Å². The highest BCUT2D eigenvalue weighted by atomic mass is 32.2. The van der Waals surface area contributed by atoms with E-state index in [-0.39, 0.29) is 11.5 Å². The molecule has 26 heavy (non-hydrogen) atoms. The Labute approximate surface area is 152 Å². The van der Waals surface area contributed by atoms with Crippen LogP contribution < -0.4 is 10.1 Å². The Kier molecular flexibility index (Phi) is 6.70. The molecule has 2 aromatic carbocycles. The van der Waals surface area contributed by atoms with Gasteiger partial charge >= 0.3 is 0 Å². The minimum Gasteiger partial charge on any atom is -0.484 e. The molecular weight excluding hydrogens is 359 g/mol. The number of nitrogens with zero attached hydrogens (tertiary/aromatic N) is 1. The van der Waals surface area contributed by atoms with Crippen LogP contribution >= 0.6 is 0 Å². The van der Waals surface area contributed by atoms with Gasteiger partial charge in [-0.1, -0.05) is 19.9 Å². The van der Waals surface area contributed by atoms with Crippen molar-refractivity contribution >= 4 is 21.6 Å². The van der Waals surface area contributed by atoms with Crippen LogP contribution in [0, 0.1) is 5.82 Å². The summed E-state index contributed by atoms with van der Waals surface area (Å²) in [5.74, 6) is -0.540. The normalized spacial score (nSPS) is 11.4. The number of nitrogens with one attached hydrogen (secondary N) is 1. The van der Waals surface area contributed by atoms with E-state index in [0.29, 0.717) is 24.5 Å². The van der Waals surface area contributed by atoms with Crippen LogP contribution in [0.2, 0.25) is 0 Å². The van der Waals surface area contributed by atoms with Gasteiger partial charge in [-0.2, -0.15) is 4.31 Å². The van der Waals surface area contributed by atoms with Crippen molar-refractivity contribution in [2.75, 3.05) is 25.0 Å². The molecule has 8 heteroatoms. The molecule has 0 aliphatic rings. The van der Waals surface area contributed by atoms with Gasteiger partial charge < -0.3 is 10.1 Å². The lowest BCUT2D eigenvalue weighted by Gasteiger charge is -2.18. The number of hydrogen-bond acceptors (Lipinski definition) is 4. The van der Waals surface area contributed by atoms with E-state index in [1.807, 2.05) is 0 Å². The first-order chi connectivity index (χ1) is 12.4. The van der Waals surface area contributed by atoms with Crippen molar-refractivity contribution in [1.82, 2.24) is 4.31 Å². The van der Waals surface area contributed by atoms with E-state index in [9.17, 15) is 17.6 Å². The van der Waals surface area contributed by atoms with Crippen molar-refractivity contribution in [3.63, 3.8) is 0 Å². The first-order valence-electron chi connectivity index (χ1n) is 8.15. The summed E-state index contributed by atoms with van der Waals surface area (Å²) in [6.45, 7) is 4.04. The highest BCUT2D eigenvalue weighted by molar-refractivity contribution is 7.89. The monoisotopic (exact) mass is 380 g/mol. The van der Waals surface area contributed by atoms with Crippen LogP contribution in [-0.2, 0) is 14.8 Å². The molecule has 0 aromatic heterocycles. The van der Waals surface area contributed by atoms with Crippen molar-refractivity contribution in [3.8, 4) is 5.75 Å². The van der Waals surface area contributed by atoms with Crippen LogP contribution in [0.4, 0.5) is 10.1 Å². The molecular formula is C18H21FN2O4S. The van der Waals surface area contributed by atoms with Gasteiger partial charge in [-0.3, -0.25) is 4.79 Å². The molecule has 0 heterocycles. The second kappa shape index (κ2) is 8.77. The van der Waals surface area contributed by atoms with Crippen molar-refractivity contribution in [2.45, 2.75) is 18.7 Å².